The average Bonchev–Trinajstić information content (AvgIpc) is 2.54. The van der Waals surface area contributed by atoms with E-state index >= 15 is 0 Å². The molecule has 0 aliphatic carbocycles. The van der Waals surface area contributed by atoms with Gasteiger partial charge in [0.15, 0.2) is 6.61 Å². The lowest BCUT2D eigenvalue weighted by Gasteiger charge is -2.23. The number of hydrogen-bond donors (Lipinski definition) is 1. The molecule has 0 atom stereocenters. The van der Waals surface area contributed by atoms with Crippen molar-refractivity contribution in [3.05, 3.63) is 54.6 Å². The van der Waals surface area contributed by atoms with Crippen molar-refractivity contribution in [3.8, 4) is 5.75 Å². The Morgan fingerprint density at radius 2 is 1.83 bits per heavy atom. The Labute approximate surface area is 135 Å². The van der Waals surface area contributed by atoms with E-state index in [2.05, 4.69) is 0 Å². The Hall–Kier alpha value is -2.54. The Bertz CT molecular complexity index is 774. The average molecular weight is 335 g/mol. The molecule has 0 aliphatic heterocycles. The molecule has 6 nitrogen and oxygen atoms in total. The molecule has 0 saturated carbocycles. The highest BCUT2D eigenvalue weighted by atomic mass is 32.2. The van der Waals surface area contributed by atoms with E-state index in [0.29, 0.717) is 11.4 Å². The van der Waals surface area contributed by atoms with Crippen molar-refractivity contribution in [1.82, 2.24) is 0 Å². The monoisotopic (exact) mass is 335 g/mol. The maximum Gasteiger partial charge on any atom is 0.341 e. The number of carboxylic acid groups (broad SMARTS) is 1. The van der Waals surface area contributed by atoms with Crippen LogP contribution in [0.1, 0.15) is 6.92 Å². The Balaban J connectivity index is 2.34. The van der Waals surface area contributed by atoms with E-state index in [9.17, 15) is 13.2 Å². The fourth-order valence-corrected chi connectivity index (χ4v) is 3.57. The zero-order valence-corrected chi connectivity index (χ0v) is 13.4. The largest absolute Gasteiger partial charge is 0.482 e. The molecular weight excluding hydrogens is 318 g/mol. The molecule has 0 unspecified atom stereocenters. The molecule has 0 saturated heterocycles. The number of nitrogens with zero attached hydrogens (tertiary/aromatic N) is 1. The normalized spacial score (nSPS) is 11.0. The summed E-state index contributed by atoms with van der Waals surface area (Å²) in [6.45, 7) is 1.48. The van der Waals surface area contributed by atoms with E-state index in [1.807, 2.05) is 0 Å². The van der Waals surface area contributed by atoms with Gasteiger partial charge in [0.1, 0.15) is 5.75 Å². The van der Waals surface area contributed by atoms with E-state index in [-0.39, 0.29) is 11.4 Å². The second-order valence-corrected chi connectivity index (χ2v) is 6.52. The minimum atomic E-state index is -3.69. The van der Waals surface area contributed by atoms with Crippen molar-refractivity contribution in [2.45, 2.75) is 11.8 Å². The predicted molar refractivity (Wildman–Crippen MR) is 86.2 cm³/mol. The summed E-state index contributed by atoms with van der Waals surface area (Å²) in [6.07, 6.45) is 0. The van der Waals surface area contributed by atoms with Crippen molar-refractivity contribution in [2.24, 2.45) is 0 Å². The Kier molecular flexibility index (Phi) is 5.23. The van der Waals surface area contributed by atoms with Gasteiger partial charge in [0.25, 0.3) is 10.0 Å². The number of aliphatic carboxylic acids is 1. The molecule has 0 spiro atoms. The number of anilines is 1. The van der Waals surface area contributed by atoms with Gasteiger partial charge >= 0.3 is 5.97 Å². The molecule has 2 aromatic rings. The van der Waals surface area contributed by atoms with E-state index < -0.39 is 22.6 Å². The topological polar surface area (TPSA) is 83.9 Å². The van der Waals surface area contributed by atoms with Crippen LogP contribution in [0, 0.1) is 0 Å². The number of sulfonamides is 1. The van der Waals surface area contributed by atoms with Crippen molar-refractivity contribution in [3.63, 3.8) is 0 Å². The molecule has 0 aromatic heterocycles. The molecule has 0 fully saturated rings. The first-order valence-corrected chi connectivity index (χ1v) is 8.41. The van der Waals surface area contributed by atoms with Crippen LogP contribution in [0.15, 0.2) is 59.5 Å². The fourth-order valence-electron chi connectivity index (χ4n) is 2.08. The fraction of sp³-hybridized carbons (Fsp3) is 0.188. The van der Waals surface area contributed by atoms with Crippen LogP contribution >= 0.6 is 0 Å². The summed E-state index contributed by atoms with van der Waals surface area (Å²) < 4.78 is 31.8. The van der Waals surface area contributed by atoms with Crippen LogP contribution in [-0.4, -0.2) is 32.6 Å². The number of ether oxygens (including phenoxy) is 1. The van der Waals surface area contributed by atoms with Gasteiger partial charge in [0.05, 0.1) is 10.6 Å². The summed E-state index contributed by atoms with van der Waals surface area (Å²) in [5, 5.41) is 8.65. The van der Waals surface area contributed by atoms with E-state index in [1.165, 1.54) is 22.5 Å². The minimum absolute atomic E-state index is 0.193. The van der Waals surface area contributed by atoms with Gasteiger partial charge < -0.3 is 9.84 Å². The summed E-state index contributed by atoms with van der Waals surface area (Å²) >= 11 is 0. The van der Waals surface area contributed by atoms with E-state index in [0.717, 1.165) is 0 Å². The first-order valence-electron chi connectivity index (χ1n) is 6.97. The molecule has 122 valence electrons. The summed E-state index contributed by atoms with van der Waals surface area (Å²) in [5.74, 6) is -0.800. The Morgan fingerprint density at radius 1 is 1.13 bits per heavy atom. The summed E-state index contributed by atoms with van der Waals surface area (Å²) in [4.78, 5) is 10.8. The van der Waals surface area contributed by atoms with Gasteiger partial charge in [-0.1, -0.05) is 24.3 Å². The molecule has 0 bridgehead atoms. The maximum absolute atomic E-state index is 12.7. The molecule has 1 N–H and O–H groups in total. The van der Waals surface area contributed by atoms with Crippen LogP contribution in [-0.2, 0) is 14.8 Å². The van der Waals surface area contributed by atoms with Crippen molar-refractivity contribution in [1.29, 1.82) is 0 Å². The van der Waals surface area contributed by atoms with E-state index in [1.54, 1.807) is 43.3 Å². The lowest BCUT2D eigenvalue weighted by Crippen LogP contribution is -2.30. The SMILES string of the molecule is CCN(c1cccc(OCC(=O)O)c1)S(=O)(=O)c1ccccc1. The van der Waals surface area contributed by atoms with Crippen LogP contribution < -0.4 is 9.04 Å². The smallest absolute Gasteiger partial charge is 0.341 e. The van der Waals surface area contributed by atoms with Gasteiger partial charge in [0, 0.05) is 12.6 Å². The first kappa shape index (κ1) is 16.8. The van der Waals surface area contributed by atoms with Crippen LogP contribution in [0.2, 0.25) is 0 Å². The van der Waals surface area contributed by atoms with Crippen LogP contribution in [0.3, 0.4) is 0 Å². The first-order chi connectivity index (χ1) is 10.9. The molecular formula is C16H17NO5S. The van der Waals surface area contributed by atoms with Crippen molar-refractivity contribution < 1.29 is 23.1 Å². The van der Waals surface area contributed by atoms with E-state index in [4.69, 9.17) is 9.84 Å². The maximum atomic E-state index is 12.7. The summed E-state index contributed by atoms with van der Waals surface area (Å²) in [5.41, 5.74) is 0.416. The highest BCUT2D eigenvalue weighted by molar-refractivity contribution is 7.92. The number of rotatable bonds is 7. The predicted octanol–water partition coefficient (Wildman–Crippen LogP) is 2.37. The number of hydrogen-bond acceptors (Lipinski definition) is 4. The third kappa shape index (κ3) is 4.01. The quantitative estimate of drug-likeness (QED) is 0.840. The zero-order valence-electron chi connectivity index (χ0n) is 12.5. The lowest BCUT2D eigenvalue weighted by atomic mass is 10.3. The highest BCUT2D eigenvalue weighted by Gasteiger charge is 2.23. The second kappa shape index (κ2) is 7.15. The lowest BCUT2D eigenvalue weighted by molar-refractivity contribution is -0.139. The van der Waals surface area contributed by atoms with Gasteiger partial charge in [-0.2, -0.15) is 0 Å². The molecule has 7 heteroatoms. The van der Waals surface area contributed by atoms with Gasteiger partial charge in [-0.05, 0) is 31.2 Å². The second-order valence-electron chi connectivity index (χ2n) is 4.66. The van der Waals surface area contributed by atoms with Gasteiger partial charge in [0.2, 0.25) is 0 Å². The van der Waals surface area contributed by atoms with Gasteiger partial charge in [-0.25, -0.2) is 13.2 Å². The molecule has 2 aromatic carbocycles. The Morgan fingerprint density at radius 3 is 2.43 bits per heavy atom. The minimum Gasteiger partial charge on any atom is -0.482 e. The summed E-state index contributed by atoms with van der Waals surface area (Å²) in [6, 6.07) is 14.5. The van der Waals surface area contributed by atoms with Crippen LogP contribution in [0.25, 0.3) is 0 Å². The standard InChI is InChI=1S/C16H17NO5S/c1-2-17(23(20,21)15-9-4-3-5-10-15)13-7-6-8-14(11-13)22-12-16(18)19/h3-11H,2,12H2,1H3,(H,18,19). The highest BCUT2D eigenvalue weighted by Crippen LogP contribution is 2.26. The third-order valence-electron chi connectivity index (χ3n) is 3.09. The molecule has 0 amide bonds. The van der Waals surface area contributed by atoms with Gasteiger partial charge in [-0.15, -0.1) is 0 Å². The number of carbonyl (C=O) groups is 1. The molecule has 0 radical (unpaired) electrons. The molecule has 0 aliphatic rings. The third-order valence-corrected chi connectivity index (χ3v) is 5.00. The zero-order chi connectivity index (χ0) is 16.9. The van der Waals surface area contributed by atoms with Crippen molar-refractivity contribution >= 4 is 21.7 Å². The van der Waals surface area contributed by atoms with Crippen molar-refractivity contribution in [2.75, 3.05) is 17.5 Å². The summed E-state index contributed by atoms with van der Waals surface area (Å²) in [7, 11) is -3.69. The number of carboxylic acids is 1. The van der Waals surface area contributed by atoms with Gasteiger partial charge in [-0.3, -0.25) is 4.31 Å². The molecule has 23 heavy (non-hydrogen) atoms. The molecule has 0 heterocycles. The van der Waals surface area contributed by atoms with Crippen LogP contribution in [0.4, 0.5) is 5.69 Å². The van der Waals surface area contributed by atoms with Crippen LogP contribution in [0.5, 0.6) is 5.75 Å². The molecule has 2 rings (SSSR count). The number of benzene rings is 2.